The number of imide groups is 2. The van der Waals surface area contributed by atoms with Crippen LogP contribution in [0.2, 0.25) is 5.02 Å². The van der Waals surface area contributed by atoms with Crippen molar-refractivity contribution in [1.82, 2.24) is 15.6 Å². The Labute approximate surface area is 166 Å². The Morgan fingerprint density at radius 1 is 1.18 bits per heavy atom. The summed E-state index contributed by atoms with van der Waals surface area (Å²) in [6.07, 6.45) is 5.00. The number of urea groups is 1. The molecule has 2 N–H and O–H groups in total. The Morgan fingerprint density at radius 3 is 2.57 bits per heavy atom. The molecule has 3 aliphatic rings. The lowest BCUT2D eigenvalue weighted by Crippen LogP contribution is -2.62. The first-order chi connectivity index (χ1) is 13.4. The van der Waals surface area contributed by atoms with Crippen molar-refractivity contribution in [3.8, 4) is 0 Å². The molecule has 4 rings (SSSR count). The summed E-state index contributed by atoms with van der Waals surface area (Å²) >= 11 is 5.78. The van der Waals surface area contributed by atoms with E-state index in [0.29, 0.717) is 22.4 Å². The molecule has 1 saturated heterocycles. The number of nitrogens with one attached hydrogen (secondary N) is 2. The zero-order valence-corrected chi connectivity index (χ0v) is 15.7. The second kappa shape index (κ2) is 7.35. The number of hydrogen-bond acceptors (Lipinski definition) is 5. The van der Waals surface area contributed by atoms with Crippen LogP contribution in [-0.4, -0.2) is 40.9 Å². The highest BCUT2D eigenvalue weighted by Gasteiger charge is 2.50. The number of rotatable bonds is 4. The molecule has 0 radical (unpaired) electrons. The maximum atomic E-state index is 12.8. The van der Waals surface area contributed by atoms with Crippen molar-refractivity contribution >= 4 is 41.6 Å². The lowest BCUT2D eigenvalue weighted by atomic mass is 9.92. The third-order valence-electron chi connectivity index (χ3n) is 5.76. The van der Waals surface area contributed by atoms with Crippen LogP contribution < -0.4 is 10.7 Å². The fourth-order valence-corrected chi connectivity index (χ4v) is 4.54. The summed E-state index contributed by atoms with van der Waals surface area (Å²) in [4.78, 5) is 50.4. The molecule has 146 valence electrons. The first kappa shape index (κ1) is 18.6. The molecular formula is C19H19ClN4O4. The van der Waals surface area contributed by atoms with E-state index in [9.17, 15) is 19.2 Å². The van der Waals surface area contributed by atoms with Crippen LogP contribution in [0.5, 0.6) is 0 Å². The Balaban J connectivity index is 1.44. The Morgan fingerprint density at radius 2 is 1.93 bits per heavy atom. The van der Waals surface area contributed by atoms with Crippen molar-refractivity contribution in [1.29, 1.82) is 0 Å². The molecule has 0 spiro atoms. The molecule has 3 fully saturated rings. The number of nitrogens with zero attached hydrogens (tertiary/aromatic N) is 2. The largest absolute Gasteiger partial charge is 0.331 e. The van der Waals surface area contributed by atoms with E-state index in [1.54, 1.807) is 12.1 Å². The van der Waals surface area contributed by atoms with E-state index in [1.807, 2.05) is 0 Å². The van der Waals surface area contributed by atoms with E-state index in [2.05, 4.69) is 15.8 Å². The van der Waals surface area contributed by atoms with Crippen molar-refractivity contribution in [3.63, 3.8) is 0 Å². The number of carbonyl (C=O) groups is 4. The van der Waals surface area contributed by atoms with Crippen molar-refractivity contribution in [2.75, 3.05) is 0 Å². The molecule has 1 aliphatic heterocycles. The number of halogens is 1. The van der Waals surface area contributed by atoms with Gasteiger partial charge in [0.15, 0.2) is 5.92 Å². The van der Waals surface area contributed by atoms with E-state index >= 15 is 0 Å². The third-order valence-corrected chi connectivity index (χ3v) is 6.02. The lowest BCUT2D eigenvalue weighted by Gasteiger charge is -2.36. The topological polar surface area (TPSA) is 108 Å². The van der Waals surface area contributed by atoms with Gasteiger partial charge in [0.2, 0.25) is 11.8 Å². The zero-order chi connectivity index (χ0) is 19.8. The van der Waals surface area contributed by atoms with Gasteiger partial charge in [-0.15, -0.1) is 0 Å². The van der Waals surface area contributed by atoms with Gasteiger partial charge in [0.05, 0.1) is 0 Å². The van der Waals surface area contributed by atoms with Gasteiger partial charge in [-0.3, -0.25) is 24.6 Å². The quantitative estimate of drug-likeness (QED) is 0.455. The second-order valence-corrected chi connectivity index (χ2v) is 7.88. The second-order valence-electron chi connectivity index (χ2n) is 7.45. The van der Waals surface area contributed by atoms with Gasteiger partial charge in [0, 0.05) is 22.8 Å². The Hall–Kier alpha value is -2.74. The normalized spacial score (nSPS) is 29.5. The van der Waals surface area contributed by atoms with Crippen LogP contribution in [0.15, 0.2) is 29.4 Å². The average molecular weight is 403 g/mol. The van der Waals surface area contributed by atoms with Crippen LogP contribution in [0.3, 0.4) is 0 Å². The van der Waals surface area contributed by atoms with Gasteiger partial charge in [-0.25, -0.2) is 10.2 Å². The minimum Gasteiger partial charge on any atom is -0.277 e. The molecule has 2 bridgehead atoms. The highest BCUT2D eigenvalue weighted by molar-refractivity contribution is 6.30. The van der Waals surface area contributed by atoms with Crippen molar-refractivity contribution < 1.29 is 19.2 Å². The number of amides is 5. The molecular weight excluding hydrogens is 384 g/mol. The number of barbiturate groups is 1. The van der Waals surface area contributed by atoms with Gasteiger partial charge in [-0.2, -0.15) is 5.10 Å². The zero-order valence-electron chi connectivity index (χ0n) is 14.9. The number of benzene rings is 1. The van der Waals surface area contributed by atoms with E-state index < -0.39 is 29.7 Å². The Kier molecular flexibility index (Phi) is 4.89. The van der Waals surface area contributed by atoms with Gasteiger partial charge in [0.25, 0.3) is 5.91 Å². The maximum Gasteiger partial charge on any atom is 0.331 e. The number of hydrogen-bond donors (Lipinski definition) is 2. The summed E-state index contributed by atoms with van der Waals surface area (Å²) in [6, 6.07) is 5.36. The molecule has 5 amide bonds. The number of hydrazone groups is 1. The maximum absolute atomic E-state index is 12.8. The van der Waals surface area contributed by atoms with E-state index in [4.69, 9.17) is 11.6 Å². The van der Waals surface area contributed by atoms with E-state index in [1.165, 1.54) is 17.0 Å². The highest BCUT2D eigenvalue weighted by Crippen LogP contribution is 2.47. The molecule has 4 atom stereocenters. The van der Waals surface area contributed by atoms with Gasteiger partial charge in [-0.1, -0.05) is 18.0 Å². The average Bonchev–Trinajstić information content (AvgIpc) is 3.28. The van der Waals surface area contributed by atoms with Crippen LogP contribution in [0.25, 0.3) is 0 Å². The van der Waals surface area contributed by atoms with Gasteiger partial charge >= 0.3 is 6.03 Å². The van der Waals surface area contributed by atoms with E-state index in [0.717, 1.165) is 31.9 Å². The summed E-state index contributed by atoms with van der Waals surface area (Å²) < 4.78 is 0. The predicted molar refractivity (Wildman–Crippen MR) is 101 cm³/mol. The molecule has 1 heterocycles. The molecule has 9 heteroatoms. The van der Waals surface area contributed by atoms with Crippen LogP contribution >= 0.6 is 11.6 Å². The van der Waals surface area contributed by atoms with Crippen LogP contribution in [0, 0.1) is 17.8 Å². The SMILES string of the molecule is O=C(N/N=C\[C@H]1C(=O)NC(=O)N([C@H]2C[C@H]3CC[C@H]2C3)C1=O)c1ccc(Cl)cc1. The molecule has 28 heavy (non-hydrogen) atoms. The van der Waals surface area contributed by atoms with Gasteiger partial charge in [0.1, 0.15) is 0 Å². The van der Waals surface area contributed by atoms with Crippen molar-refractivity contribution in [2.45, 2.75) is 31.7 Å². The Bertz CT molecular complexity index is 869. The van der Waals surface area contributed by atoms with Crippen molar-refractivity contribution in [2.24, 2.45) is 22.9 Å². The minimum atomic E-state index is -1.25. The minimum absolute atomic E-state index is 0.168. The van der Waals surface area contributed by atoms with E-state index in [-0.39, 0.29) is 6.04 Å². The standard InChI is InChI=1S/C19H19ClN4O4/c20-13-5-3-11(4-6-13)16(25)23-21-9-14-17(26)22-19(28)24(18(14)27)15-8-10-1-2-12(15)7-10/h3-6,9-10,12,14-15H,1-2,7-8H2,(H,23,25)(H,22,26,28)/b21-9-/t10-,12-,14-,15-/m0/s1. The molecule has 1 aromatic carbocycles. The summed E-state index contributed by atoms with van der Waals surface area (Å²) in [5.41, 5.74) is 2.61. The van der Waals surface area contributed by atoms with Crippen LogP contribution in [0.4, 0.5) is 4.79 Å². The predicted octanol–water partition coefficient (Wildman–Crippen LogP) is 1.94. The first-order valence-electron chi connectivity index (χ1n) is 9.21. The molecule has 1 aromatic rings. The number of carbonyl (C=O) groups excluding carboxylic acids is 4. The van der Waals surface area contributed by atoms with Crippen LogP contribution in [-0.2, 0) is 9.59 Å². The monoisotopic (exact) mass is 402 g/mol. The summed E-state index contributed by atoms with van der Waals surface area (Å²) in [7, 11) is 0. The molecule has 0 unspecified atom stereocenters. The highest BCUT2D eigenvalue weighted by atomic mass is 35.5. The fraction of sp³-hybridized carbons (Fsp3) is 0.421. The van der Waals surface area contributed by atoms with Gasteiger partial charge < -0.3 is 0 Å². The number of fused-ring (bicyclic) bond motifs is 2. The summed E-state index contributed by atoms with van der Waals surface area (Å²) in [6.45, 7) is 0. The smallest absolute Gasteiger partial charge is 0.277 e. The van der Waals surface area contributed by atoms with Crippen molar-refractivity contribution in [3.05, 3.63) is 34.9 Å². The molecule has 2 saturated carbocycles. The molecule has 0 aromatic heterocycles. The summed E-state index contributed by atoms with van der Waals surface area (Å²) in [5, 5.41) is 6.48. The molecule has 2 aliphatic carbocycles. The third kappa shape index (κ3) is 3.40. The van der Waals surface area contributed by atoms with Crippen LogP contribution in [0.1, 0.15) is 36.0 Å². The molecule has 8 nitrogen and oxygen atoms in total. The fourth-order valence-electron chi connectivity index (χ4n) is 4.41. The first-order valence-corrected chi connectivity index (χ1v) is 9.59. The lowest BCUT2D eigenvalue weighted by molar-refractivity contribution is -0.141. The summed E-state index contributed by atoms with van der Waals surface area (Å²) in [5.74, 6) is -2.23. The van der Waals surface area contributed by atoms with Gasteiger partial charge in [-0.05, 0) is 55.4 Å².